The second-order valence-electron chi connectivity index (χ2n) is 4.13. The molecule has 0 saturated heterocycles. The normalized spacial score (nSPS) is 11.8. The summed E-state index contributed by atoms with van der Waals surface area (Å²) in [6.45, 7) is 2.06. The van der Waals surface area contributed by atoms with Crippen LogP contribution in [0.4, 0.5) is 5.69 Å². The van der Waals surface area contributed by atoms with Gasteiger partial charge < -0.3 is 9.73 Å². The molecule has 1 aromatic heterocycles. The van der Waals surface area contributed by atoms with Gasteiger partial charge in [0.2, 0.25) is 0 Å². The first-order valence-corrected chi connectivity index (χ1v) is 6.47. The van der Waals surface area contributed by atoms with Crippen molar-refractivity contribution >= 4 is 21.6 Å². The van der Waals surface area contributed by atoms with E-state index in [1.165, 1.54) is 0 Å². The number of hydrogen-bond donors (Lipinski definition) is 1. The number of nitrogens with zero attached hydrogens (tertiary/aromatic N) is 1. The number of nitriles is 1. The average molecular weight is 305 g/mol. The van der Waals surface area contributed by atoms with Crippen molar-refractivity contribution in [2.75, 3.05) is 5.32 Å². The van der Waals surface area contributed by atoms with Gasteiger partial charge in [0.15, 0.2) is 0 Å². The van der Waals surface area contributed by atoms with E-state index in [4.69, 9.17) is 9.68 Å². The molecular weight excluding hydrogens is 292 g/mol. The Labute approximate surface area is 115 Å². The summed E-state index contributed by atoms with van der Waals surface area (Å²) in [6, 6.07) is 11.8. The smallest absolute Gasteiger partial charge is 0.105 e. The lowest BCUT2D eigenvalue weighted by molar-refractivity contribution is 0.498. The Bertz CT molecular complexity index is 558. The summed E-state index contributed by atoms with van der Waals surface area (Å²) in [5, 5.41) is 12.4. The number of rotatable bonds is 4. The van der Waals surface area contributed by atoms with Crippen molar-refractivity contribution in [3.05, 3.63) is 52.4 Å². The molecule has 0 fully saturated rings. The standard InChI is InChI=1S/C14H13BrN2O/c1-10(7-13-3-2-6-18-13)17-14-5-4-12(15)8-11(14)9-16/h2-6,8,10,17H,7H2,1H3. The van der Waals surface area contributed by atoms with Crippen LogP contribution in [-0.4, -0.2) is 6.04 Å². The maximum atomic E-state index is 9.08. The summed E-state index contributed by atoms with van der Waals surface area (Å²) < 4.78 is 6.21. The molecule has 1 heterocycles. The molecule has 2 rings (SSSR count). The SMILES string of the molecule is CC(Cc1ccco1)Nc1ccc(Br)cc1C#N. The van der Waals surface area contributed by atoms with Crippen molar-refractivity contribution in [3.63, 3.8) is 0 Å². The van der Waals surface area contributed by atoms with E-state index in [-0.39, 0.29) is 6.04 Å². The van der Waals surface area contributed by atoms with Crippen LogP contribution in [0.3, 0.4) is 0 Å². The van der Waals surface area contributed by atoms with Crippen LogP contribution < -0.4 is 5.32 Å². The first-order chi connectivity index (χ1) is 8.69. The van der Waals surface area contributed by atoms with E-state index in [1.807, 2.05) is 30.3 Å². The Balaban J connectivity index is 2.07. The fourth-order valence-corrected chi connectivity index (χ4v) is 2.14. The molecule has 0 aliphatic heterocycles. The largest absolute Gasteiger partial charge is 0.469 e. The minimum Gasteiger partial charge on any atom is -0.469 e. The molecule has 0 spiro atoms. The zero-order valence-electron chi connectivity index (χ0n) is 9.98. The van der Waals surface area contributed by atoms with Crippen LogP contribution in [-0.2, 0) is 6.42 Å². The summed E-state index contributed by atoms with van der Waals surface area (Å²) in [4.78, 5) is 0. The topological polar surface area (TPSA) is 49.0 Å². The van der Waals surface area contributed by atoms with Gasteiger partial charge in [-0.15, -0.1) is 0 Å². The molecule has 0 amide bonds. The van der Waals surface area contributed by atoms with Crippen LogP contribution in [0, 0.1) is 11.3 Å². The van der Waals surface area contributed by atoms with E-state index >= 15 is 0 Å². The third kappa shape index (κ3) is 3.14. The van der Waals surface area contributed by atoms with Crippen molar-refractivity contribution in [1.29, 1.82) is 5.26 Å². The fourth-order valence-electron chi connectivity index (χ4n) is 1.78. The van der Waals surface area contributed by atoms with Crippen molar-refractivity contribution in [3.8, 4) is 6.07 Å². The molecular formula is C14H13BrN2O. The van der Waals surface area contributed by atoms with Crippen LogP contribution in [0.5, 0.6) is 0 Å². The summed E-state index contributed by atoms with van der Waals surface area (Å²) in [5.74, 6) is 0.936. The van der Waals surface area contributed by atoms with E-state index in [0.29, 0.717) is 5.56 Å². The minimum absolute atomic E-state index is 0.199. The van der Waals surface area contributed by atoms with Gasteiger partial charge in [-0.25, -0.2) is 0 Å². The van der Waals surface area contributed by atoms with Crippen LogP contribution in [0.2, 0.25) is 0 Å². The monoisotopic (exact) mass is 304 g/mol. The maximum absolute atomic E-state index is 9.08. The molecule has 4 heteroatoms. The number of nitrogens with one attached hydrogen (secondary N) is 1. The second kappa shape index (κ2) is 5.74. The first kappa shape index (κ1) is 12.7. The Hall–Kier alpha value is -1.73. The Kier molecular flexibility index (Phi) is 4.06. The van der Waals surface area contributed by atoms with Gasteiger partial charge in [-0.3, -0.25) is 0 Å². The number of hydrogen-bond acceptors (Lipinski definition) is 3. The van der Waals surface area contributed by atoms with E-state index in [1.54, 1.807) is 6.26 Å². The highest BCUT2D eigenvalue weighted by molar-refractivity contribution is 9.10. The molecule has 18 heavy (non-hydrogen) atoms. The van der Waals surface area contributed by atoms with Crippen molar-refractivity contribution in [2.24, 2.45) is 0 Å². The average Bonchev–Trinajstić information content (AvgIpc) is 2.84. The number of halogens is 1. The highest BCUT2D eigenvalue weighted by Gasteiger charge is 2.08. The number of furan rings is 1. The lowest BCUT2D eigenvalue weighted by Gasteiger charge is -2.15. The third-order valence-electron chi connectivity index (χ3n) is 2.59. The van der Waals surface area contributed by atoms with Gasteiger partial charge in [0.05, 0.1) is 17.5 Å². The van der Waals surface area contributed by atoms with Gasteiger partial charge in [-0.05, 0) is 37.3 Å². The Morgan fingerprint density at radius 2 is 2.28 bits per heavy atom. The molecule has 1 aromatic carbocycles. The molecule has 0 aliphatic rings. The molecule has 0 radical (unpaired) electrons. The molecule has 92 valence electrons. The maximum Gasteiger partial charge on any atom is 0.105 e. The van der Waals surface area contributed by atoms with Gasteiger partial charge in [-0.2, -0.15) is 5.26 Å². The van der Waals surface area contributed by atoms with Crippen LogP contribution in [0.1, 0.15) is 18.2 Å². The van der Waals surface area contributed by atoms with Crippen LogP contribution in [0.15, 0.2) is 45.5 Å². The predicted molar refractivity (Wildman–Crippen MR) is 74.4 cm³/mol. The van der Waals surface area contributed by atoms with E-state index in [2.05, 4.69) is 34.2 Å². The molecule has 0 saturated carbocycles. The fraction of sp³-hybridized carbons (Fsp3) is 0.214. The van der Waals surface area contributed by atoms with Crippen molar-refractivity contribution in [2.45, 2.75) is 19.4 Å². The molecule has 0 bridgehead atoms. The predicted octanol–water partition coefficient (Wildman–Crippen LogP) is 3.96. The van der Waals surface area contributed by atoms with Gasteiger partial charge in [0.1, 0.15) is 11.8 Å². The van der Waals surface area contributed by atoms with E-state index in [0.717, 1.165) is 22.3 Å². The highest BCUT2D eigenvalue weighted by atomic mass is 79.9. The summed E-state index contributed by atoms with van der Waals surface area (Å²) in [5.41, 5.74) is 1.48. The summed E-state index contributed by atoms with van der Waals surface area (Å²) in [6.07, 6.45) is 2.45. The van der Waals surface area contributed by atoms with Crippen molar-refractivity contribution in [1.82, 2.24) is 0 Å². The van der Waals surface area contributed by atoms with Gasteiger partial charge >= 0.3 is 0 Å². The first-order valence-electron chi connectivity index (χ1n) is 5.67. The van der Waals surface area contributed by atoms with Crippen molar-refractivity contribution < 1.29 is 4.42 Å². The summed E-state index contributed by atoms with van der Waals surface area (Å²) in [7, 11) is 0. The van der Waals surface area contributed by atoms with Gasteiger partial charge in [-0.1, -0.05) is 15.9 Å². The lowest BCUT2D eigenvalue weighted by atomic mass is 10.1. The molecule has 0 aliphatic carbocycles. The Morgan fingerprint density at radius 3 is 2.94 bits per heavy atom. The molecule has 1 unspecified atom stereocenters. The quantitative estimate of drug-likeness (QED) is 0.930. The highest BCUT2D eigenvalue weighted by Crippen LogP contribution is 2.21. The molecule has 2 aromatic rings. The molecule has 1 N–H and O–H groups in total. The minimum atomic E-state index is 0.199. The number of benzene rings is 1. The zero-order chi connectivity index (χ0) is 13.0. The third-order valence-corrected chi connectivity index (χ3v) is 3.08. The zero-order valence-corrected chi connectivity index (χ0v) is 11.6. The van der Waals surface area contributed by atoms with Gasteiger partial charge in [0, 0.05) is 16.9 Å². The van der Waals surface area contributed by atoms with E-state index < -0.39 is 0 Å². The lowest BCUT2D eigenvalue weighted by Crippen LogP contribution is -2.18. The van der Waals surface area contributed by atoms with Gasteiger partial charge in [0.25, 0.3) is 0 Å². The Morgan fingerprint density at radius 1 is 1.44 bits per heavy atom. The number of anilines is 1. The molecule has 3 nitrogen and oxygen atoms in total. The molecule has 1 atom stereocenters. The van der Waals surface area contributed by atoms with E-state index in [9.17, 15) is 0 Å². The second-order valence-corrected chi connectivity index (χ2v) is 5.05. The van der Waals surface area contributed by atoms with Crippen LogP contribution in [0.25, 0.3) is 0 Å². The van der Waals surface area contributed by atoms with Crippen LogP contribution >= 0.6 is 15.9 Å². The summed E-state index contributed by atoms with van der Waals surface area (Å²) >= 11 is 3.36.